The van der Waals surface area contributed by atoms with Gasteiger partial charge in [-0.3, -0.25) is 14.7 Å². The van der Waals surface area contributed by atoms with Gasteiger partial charge in [0, 0.05) is 16.3 Å². The van der Waals surface area contributed by atoms with Gasteiger partial charge in [-0.15, -0.1) is 5.10 Å². The number of nitrogens with one attached hydrogen (secondary N) is 2. The van der Waals surface area contributed by atoms with E-state index in [2.05, 4.69) is 15.5 Å². The molecule has 0 spiro atoms. The molecule has 25 heavy (non-hydrogen) atoms. The number of H-pyrrole nitrogens is 1. The molecule has 0 aliphatic carbocycles. The van der Waals surface area contributed by atoms with Crippen molar-refractivity contribution >= 4 is 23.5 Å². The standard InChI is InChI=1S/C16H15ClN4O4/c1-7-11-12(8-2-4-9(17)5-3-8)13(15(24)19-6-10(22)23)14(18)25-16(11)21-20-7/h2-5,12H,6,18H2,1H3,(H,19,24)(H,20,21)(H,22,23). The summed E-state index contributed by atoms with van der Waals surface area (Å²) in [6, 6.07) is 6.94. The van der Waals surface area contributed by atoms with Gasteiger partial charge in [-0.1, -0.05) is 23.7 Å². The van der Waals surface area contributed by atoms with Crippen LogP contribution in [0.3, 0.4) is 0 Å². The number of carbonyl (C=O) groups is 2. The number of aliphatic carboxylic acids is 1. The highest BCUT2D eigenvalue weighted by molar-refractivity contribution is 6.30. The van der Waals surface area contributed by atoms with E-state index in [1.807, 2.05) is 0 Å². The van der Waals surface area contributed by atoms with Gasteiger partial charge in [-0.05, 0) is 24.6 Å². The molecule has 130 valence electrons. The third kappa shape index (κ3) is 3.16. The number of benzene rings is 1. The molecule has 0 saturated heterocycles. The van der Waals surface area contributed by atoms with E-state index in [4.69, 9.17) is 27.2 Å². The van der Waals surface area contributed by atoms with Gasteiger partial charge in [-0.25, -0.2) is 0 Å². The van der Waals surface area contributed by atoms with Gasteiger partial charge in [0.1, 0.15) is 6.54 Å². The Morgan fingerprint density at radius 1 is 1.40 bits per heavy atom. The summed E-state index contributed by atoms with van der Waals surface area (Å²) >= 11 is 5.95. The quantitative estimate of drug-likeness (QED) is 0.647. The lowest BCUT2D eigenvalue weighted by molar-refractivity contribution is -0.137. The maximum Gasteiger partial charge on any atom is 0.322 e. The summed E-state index contributed by atoms with van der Waals surface area (Å²) in [6.45, 7) is 1.27. The maximum atomic E-state index is 12.6. The lowest BCUT2D eigenvalue weighted by atomic mass is 9.83. The van der Waals surface area contributed by atoms with Crippen LogP contribution >= 0.6 is 11.6 Å². The fourth-order valence-corrected chi connectivity index (χ4v) is 2.89. The Kier molecular flexibility index (Phi) is 4.37. The third-order valence-corrected chi connectivity index (χ3v) is 4.11. The van der Waals surface area contributed by atoms with Crippen molar-refractivity contribution in [3.05, 3.63) is 57.6 Å². The molecule has 2 heterocycles. The molecule has 3 rings (SSSR count). The van der Waals surface area contributed by atoms with Gasteiger partial charge >= 0.3 is 5.97 Å². The summed E-state index contributed by atoms with van der Waals surface area (Å²) in [7, 11) is 0. The molecule has 5 N–H and O–H groups in total. The number of aryl methyl sites for hydroxylation is 1. The zero-order valence-electron chi connectivity index (χ0n) is 13.2. The molecule has 8 nitrogen and oxygen atoms in total. The fraction of sp³-hybridized carbons (Fsp3) is 0.188. The Labute approximate surface area is 147 Å². The molecule has 0 bridgehead atoms. The molecule has 1 atom stereocenters. The Hall–Kier alpha value is -3.00. The van der Waals surface area contributed by atoms with Crippen molar-refractivity contribution in [1.29, 1.82) is 0 Å². The smallest absolute Gasteiger partial charge is 0.322 e. The van der Waals surface area contributed by atoms with Crippen LogP contribution in [0.2, 0.25) is 5.02 Å². The van der Waals surface area contributed by atoms with Crippen LogP contribution in [0.25, 0.3) is 0 Å². The normalized spacial score (nSPS) is 16.2. The minimum absolute atomic E-state index is 0.123. The average molecular weight is 363 g/mol. The number of amides is 1. The summed E-state index contributed by atoms with van der Waals surface area (Å²) in [5.41, 5.74) is 8.19. The Morgan fingerprint density at radius 2 is 2.08 bits per heavy atom. The van der Waals surface area contributed by atoms with Crippen LogP contribution in [0.5, 0.6) is 5.88 Å². The van der Waals surface area contributed by atoms with E-state index in [0.717, 1.165) is 5.56 Å². The van der Waals surface area contributed by atoms with Gasteiger partial charge in [0.15, 0.2) is 0 Å². The molecule has 1 unspecified atom stereocenters. The summed E-state index contributed by atoms with van der Waals surface area (Å²) in [6.07, 6.45) is 0. The number of carbonyl (C=O) groups excluding carboxylic acids is 1. The van der Waals surface area contributed by atoms with Crippen molar-refractivity contribution in [2.45, 2.75) is 12.8 Å². The van der Waals surface area contributed by atoms with Crippen LogP contribution in [-0.2, 0) is 9.59 Å². The lowest BCUT2D eigenvalue weighted by Gasteiger charge is -2.26. The van der Waals surface area contributed by atoms with Crippen molar-refractivity contribution in [2.24, 2.45) is 5.73 Å². The first kappa shape index (κ1) is 16.8. The van der Waals surface area contributed by atoms with Crippen LogP contribution in [0.4, 0.5) is 0 Å². The monoisotopic (exact) mass is 362 g/mol. The van der Waals surface area contributed by atoms with Gasteiger partial charge in [-0.2, -0.15) is 0 Å². The summed E-state index contributed by atoms with van der Waals surface area (Å²) in [4.78, 5) is 23.3. The number of halogens is 1. The number of nitrogens with zero attached hydrogens (tertiary/aromatic N) is 1. The van der Waals surface area contributed by atoms with Crippen molar-refractivity contribution < 1.29 is 19.4 Å². The number of carboxylic acid groups (broad SMARTS) is 1. The molecular formula is C16H15ClN4O4. The number of rotatable bonds is 4. The second-order valence-electron chi connectivity index (χ2n) is 5.51. The van der Waals surface area contributed by atoms with Gasteiger partial charge in [0.2, 0.25) is 11.8 Å². The number of ether oxygens (including phenoxy) is 1. The van der Waals surface area contributed by atoms with E-state index in [9.17, 15) is 9.59 Å². The minimum atomic E-state index is -1.16. The molecule has 0 fully saturated rings. The number of aromatic amines is 1. The minimum Gasteiger partial charge on any atom is -0.480 e. The largest absolute Gasteiger partial charge is 0.480 e. The average Bonchev–Trinajstić information content (AvgIpc) is 2.93. The Morgan fingerprint density at radius 3 is 2.72 bits per heavy atom. The zero-order valence-corrected chi connectivity index (χ0v) is 13.9. The van der Waals surface area contributed by atoms with E-state index in [1.54, 1.807) is 31.2 Å². The van der Waals surface area contributed by atoms with Crippen LogP contribution in [0, 0.1) is 6.92 Å². The van der Waals surface area contributed by atoms with Gasteiger partial charge in [0.25, 0.3) is 5.91 Å². The van der Waals surface area contributed by atoms with Gasteiger partial charge < -0.3 is 20.9 Å². The molecule has 9 heteroatoms. The summed E-state index contributed by atoms with van der Waals surface area (Å²) < 4.78 is 5.45. The molecule has 1 amide bonds. The highest BCUT2D eigenvalue weighted by Crippen LogP contribution is 2.42. The van der Waals surface area contributed by atoms with Crippen LogP contribution in [-0.4, -0.2) is 33.7 Å². The molecular weight excluding hydrogens is 348 g/mol. The number of hydrogen-bond donors (Lipinski definition) is 4. The topological polar surface area (TPSA) is 130 Å². The van der Waals surface area contributed by atoms with E-state index in [-0.39, 0.29) is 17.3 Å². The number of fused-ring (bicyclic) bond motifs is 1. The number of hydrogen-bond acceptors (Lipinski definition) is 5. The van der Waals surface area contributed by atoms with Crippen LogP contribution < -0.4 is 15.8 Å². The second-order valence-corrected chi connectivity index (χ2v) is 5.94. The predicted molar refractivity (Wildman–Crippen MR) is 89.1 cm³/mol. The first-order valence-electron chi connectivity index (χ1n) is 7.36. The van der Waals surface area contributed by atoms with Crippen molar-refractivity contribution in [2.75, 3.05) is 6.54 Å². The van der Waals surface area contributed by atoms with E-state index >= 15 is 0 Å². The number of carboxylic acids is 1. The molecule has 1 aromatic heterocycles. The molecule has 0 radical (unpaired) electrons. The molecule has 1 aromatic carbocycles. The Bertz CT molecular complexity index is 873. The van der Waals surface area contributed by atoms with Crippen LogP contribution in [0.1, 0.15) is 22.7 Å². The van der Waals surface area contributed by atoms with E-state index < -0.39 is 24.3 Å². The van der Waals surface area contributed by atoms with Crippen molar-refractivity contribution in [3.63, 3.8) is 0 Å². The van der Waals surface area contributed by atoms with Crippen molar-refractivity contribution in [3.8, 4) is 5.88 Å². The molecule has 1 aliphatic heterocycles. The number of aromatic nitrogens is 2. The summed E-state index contributed by atoms with van der Waals surface area (Å²) in [5, 5.41) is 18.5. The van der Waals surface area contributed by atoms with Crippen LogP contribution in [0.15, 0.2) is 35.7 Å². The maximum absolute atomic E-state index is 12.6. The third-order valence-electron chi connectivity index (χ3n) is 3.86. The Balaban J connectivity index is 2.09. The van der Waals surface area contributed by atoms with E-state index in [0.29, 0.717) is 16.3 Å². The zero-order chi connectivity index (χ0) is 18.1. The van der Waals surface area contributed by atoms with Crippen molar-refractivity contribution in [1.82, 2.24) is 15.5 Å². The van der Waals surface area contributed by atoms with Gasteiger partial charge in [0.05, 0.1) is 11.5 Å². The predicted octanol–water partition coefficient (Wildman–Crippen LogP) is 1.27. The SMILES string of the molecule is Cc1[nH]nc2c1C(c1ccc(Cl)cc1)C(C(=O)NCC(=O)O)=C(N)O2. The number of nitrogens with two attached hydrogens (primary N) is 1. The second kappa shape index (κ2) is 6.48. The summed E-state index contributed by atoms with van der Waals surface area (Å²) in [5.74, 6) is -2.18. The first-order chi connectivity index (χ1) is 11.9. The highest BCUT2D eigenvalue weighted by Gasteiger charge is 2.37. The first-order valence-corrected chi connectivity index (χ1v) is 7.74. The lowest BCUT2D eigenvalue weighted by Crippen LogP contribution is -2.36. The molecule has 2 aromatic rings. The fourth-order valence-electron chi connectivity index (χ4n) is 2.76. The molecule has 0 saturated carbocycles. The highest BCUT2D eigenvalue weighted by atomic mass is 35.5. The molecule has 1 aliphatic rings. The van der Waals surface area contributed by atoms with E-state index in [1.165, 1.54) is 0 Å².